The first-order valence-electron chi connectivity index (χ1n) is 6.46. The first kappa shape index (κ1) is 12.7. The summed E-state index contributed by atoms with van der Waals surface area (Å²) in [5.41, 5.74) is 6.43. The van der Waals surface area contributed by atoms with E-state index in [0.29, 0.717) is 17.3 Å². The van der Waals surface area contributed by atoms with E-state index < -0.39 is 10.5 Å². The Bertz CT molecular complexity index is 629. The fourth-order valence-corrected chi connectivity index (χ4v) is 2.49. The lowest BCUT2D eigenvalue weighted by atomic mass is 9.99. The largest absolute Gasteiger partial charge is 0.337 e. The van der Waals surface area contributed by atoms with Crippen LogP contribution in [0.2, 0.25) is 0 Å². The number of aromatic nitrogens is 2. The third kappa shape index (κ3) is 2.16. The maximum Gasteiger partial charge on any atom is 0.269 e. The van der Waals surface area contributed by atoms with Gasteiger partial charge in [0.25, 0.3) is 5.69 Å². The standard InChI is InChI=1S/C13H14N4O3/c14-13(7-1-2-8-13)12-15-11(16-20-12)9-3-5-10(6-4-9)17(18)19/h3-6H,1-2,7-8,14H2. The number of rotatable bonds is 3. The van der Waals surface area contributed by atoms with E-state index in [1.54, 1.807) is 12.1 Å². The monoisotopic (exact) mass is 274 g/mol. The Balaban J connectivity index is 1.88. The van der Waals surface area contributed by atoms with Crippen molar-refractivity contribution in [2.24, 2.45) is 5.73 Å². The molecule has 0 atom stereocenters. The molecule has 0 bridgehead atoms. The number of nitro groups is 1. The molecule has 0 saturated heterocycles. The van der Waals surface area contributed by atoms with Crippen molar-refractivity contribution in [1.82, 2.24) is 10.1 Å². The van der Waals surface area contributed by atoms with Crippen LogP contribution in [0.3, 0.4) is 0 Å². The molecule has 0 radical (unpaired) electrons. The molecule has 1 aliphatic rings. The van der Waals surface area contributed by atoms with Crippen molar-refractivity contribution in [2.75, 3.05) is 0 Å². The van der Waals surface area contributed by atoms with Gasteiger partial charge in [-0.05, 0) is 25.0 Å². The van der Waals surface area contributed by atoms with Crippen LogP contribution in [0.25, 0.3) is 11.4 Å². The SMILES string of the molecule is NC1(c2nc(-c3ccc([N+](=O)[O-])cc3)no2)CCCC1. The molecule has 0 spiro atoms. The minimum Gasteiger partial charge on any atom is -0.337 e. The van der Waals surface area contributed by atoms with E-state index >= 15 is 0 Å². The third-order valence-corrected chi connectivity index (χ3v) is 3.68. The zero-order valence-electron chi connectivity index (χ0n) is 10.8. The normalized spacial score (nSPS) is 17.2. The average Bonchev–Trinajstić information content (AvgIpc) is 3.08. The molecular weight excluding hydrogens is 260 g/mol. The Labute approximate surface area is 114 Å². The second-order valence-electron chi connectivity index (χ2n) is 5.09. The summed E-state index contributed by atoms with van der Waals surface area (Å²) >= 11 is 0. The molecular formula is C13H14N4O3. The Morgan fingerprint density at radius 3 is 2.50 bits per heavy atom. The number of hydrogen-bond acceptors (Lipinski definition) is 6. The van der Waals surface area contributed by atoms with Gasteiger partial charge in [0.15, 0.2) is 0 Å². The first-order valence-corrected chi connectivity index (χ1v) is 6.46. The van der Waals surface area contributed by atoms with Crippen LogP contribution in [-0.2, 0) is 5.54 Å². The molecule has 1 heterocycles. The second kappa shape index (κ2) is 4.68. The third-order valence-electron chi connectivity index (χ3n) is 3.68. The molecule has 2 aromatic rings. The highest BCUT2D eigenvalue weighted by Gasteiger charge is 2.36. The van der Waals surface area contributed by atoms with Crippen molar-refractivity contribution in [3.63, 3.8) is 0 Å². The summed E-state index contributed by atoms with van der Waals surface area (Å²) in [6.07, 6.45) is 3.81. The molecule has 1 aromatic heterocycles. The van der Waals surface area contributed by atoms with Gasteiger partial charge < -0.3 is 10.3 Å². The lowest BCUT2D eigenvalue weighted by Gasteiger charge is -2.17. The molecule has 1 fully saturated rings. The van der Waals surface area contributed by atoms with Crippen molar-refractivity contribution in [3.05, 3.63) is 40.3 Å². The van der Waals surface area contributed by atoms with Crippen LogP contribution in [0.15, 0.2) is 28.8 Å². The molecule has 1 saturated carbocycles. The number of benzene rings is 1. The van der Waals surface area contributed by atoms with Crippen LogP contribution in [0.5, 0.6) is 0 Å². The predicted octanol–water partition coefficient (Wildman–Crippen LogP) is 2.37. The Hall–Kier alpha value is -2.28. The molecule has 7 nitrogen and oxygen atoms in total. The van der Waals surface area contributed by atoms with Gasteiger partial charge in [-0.1, -0.05) is 18.0 Å². The fraction of sp³-hybridized carbons (Fsp3) is 0.385. The average molecular weight is 274 g/mol. The molecule has 20 heavy (non-hydrogen) atoms. The summed E-state index contributed by atoms with van der Waals surface area (Å²) < 4.78 is 5.26. The topological polar surface area (TPSA) is 108 Å². The molecule has 7 heteroatoms. The van der Waals surface area contributed by atoms with Crippen LogP contribution in [-0.4, -0.2) is 15.1 Å². The number of nitrogens with zero attached hydrogens (tertiary/aromatic N) is 3. The Kier molecular flexibility index (Phi) is 2.98. The van der Waals surface area contributed by atoms with Gasteiger partial charge in [0.2, 0.25) is 11.7 Å². The second-order valence-corrected chi connectivity index (χ2v) is 5.09. The quantitative estimate of drug-likeness (QED) is 0.679. The van der Waals surface area contributed by atoms with Gasteiger partial charge in [-0.3, -0.25) is 10.1 Å². The lowest BCUT2D eigenvalue weighted by Crippen LogP contribution is -2.33. The van der Waals surface area contributed by atoms with E-state index in [4.69, 9.17) is 10.3 Å². The highest BCUT2D eigenvalue weighted by molar-refractivity contribution is 5.56. The van der Waals surface area contributed by atoms with Gasteiger partial charge in [0.05, 0.1) is 10.5 Å². The van der Waals surface area contributed by atoms with Crippen LogP contribution in [0.1, 0.15) is 31.6 Å². The maximum atomic E-state index is 10.6. The lowest BCUT2D eigenvalue weighted by molar-refractivity contribution is -0.384. The minimum absolute atomic E-state index is 0.0311. The number of non-ortho nitro benzene ring substituents is 1. The van der Waals surface area contributed by atoms with Crippen LogP contribution < -0.4 is 5.73 Å². The van der Waals surface area contributed by atoms with Crippen LogP contribution in [0.4, 0.5) is 5.69 Å². The zero-order valence-corrected chi connectivity index (χ0v) is 10.8. The number of nitrogens with two attached hydrogens (primary N) is 1. The Morgan fingerprint density at radius 2 is 1.90 bits per heavy atom. The molecule has 0 amide bonds. The van der Waals surface area contributed by atoms with Crippen molar-refractivity contribution >= 4 is 5.69 Å². The van der Waals surface area contributed by atoms with Gasteiger partial charge in [0, 0.05) is 17.7 Å². The summed E-state index contributed by atoms with van der Waals surface area (Å²) in [5, 5.41) is 14.5. The molecule has 1 aromatic carbocycles. The maximum absolute atomic E-state index is 10.6. The van der Waals surface area contributed by atoms with Crippen molar-refractivity contribution in [2.45, 2.75) is 31.2 Å². The predicted molar refractivity (Wildman–Crippen MR) is 70.7 cm³/mol. The highest BCUT2D eigenvalue weighted by Crippen LogP contribution is 2.36. The summed E-state index contributed by atoms with van der Waals surface area (Å²) in [4.78, 5) is 14.5. The molecule has 3 rings (SSSR count). The van der Waals surface area contributed by atoms with Gasteiger partial charge in [-0.2, -0.15) is 4.98 Å². The van der Waals surface area contributed by atoms with Crippen LogP contribution >= 0.6 is 0 Å². The van der Waals surface area contributed by atoms with Gasteiger partial charge in [0.1, 0.15) is 0 Å². The summed E-state index contributed by atoms with van der Waals surface area (Å²) in [5.74, 6) is 0.856. The summed E-state index contributed by atoms with van der Waals surface area (Å²) in [7, 11) is 0. The molecule has 0 aliphatic heterocycles. The van der Waals surface area contributed by atoms with E-state index in [-0.39, 0.29) is 5.69 Å². The molecule has 104 valence electrons. The van der Waals surface area contributed by atoms with Crippen molar-refractivity contribution in [3.8, 4) is 11.4 Å². The fourth-order valence-electron chi connectivity index (χ4n) is 2.49. The van der Waals surface area contributed by atoms with Gasteiger partial charge in [-0.25, -0.2) is 0 Å². The molecule has 1 aliphatic carbocycles. The smallest absolute Gasteiger partial charge is 0.269 e. The van der Waals surface area contributed by atoms with Gasteiger partial charge >= 0.3 is 0 Å². The van der Waals surface area contributed by atoms with E-state index in [1.807, 2.05) is 0 Å². The van der Waals surface area contributed by atoms with E-state index in [9.17, 15) is 10.1 Å². The number of nitro benzene ring substituents is 1. The molecule has 0 unspecified atom stereocenters. The van der Waals surface area contributed by atoms with E-state index in [0.717, 1.165) is 25.7 Å². The summed E-state index contributed by atoms with van der Waals surface area (Å²) in [6, 6.07) is 6.04. The van der Waals surface area contributed by atoms with E-state index in [1.165, 1.54) is 12.1 Å². The van der Waals surface area contributed by atoms with E-state index in [2.05, 4.69) is 10.1 Å². The minimum atomic E-state index is -0.522. The zero-order chi connectivity index (χ0) is 14.2. The highest BCUT2D eigenvalue weighted by atomic mass is 16.6. The van der Waals surface area contributed by atoms with Crippen LogP contribution in [0, 0.1) is 10.1 Å². The molecule has 2 N–H and O–H groups in total. The summed E-state index contributed by atoms with van der Waals surface area (Å²) in [6.45, 7) is 0. The van der Waals surface area contributed by atoms with Crippen molar-refractivity contribution in [1.29, 1.82) is 0 Å². The Morgan fingerprint density at radius 1 is 1.25 bits per heavy atom. The first-order chi connectivity index (χ1) is 9.58. The van der Waals surface area contributed by atoms with Crippen molar-refractivity contribution < 1.29 is 9.45 Å². The number of hydrogen-bond donors (Lipinski definition) is 1. The van der Waals surface area contributed by atoms with Gasteiger partial charge in [-0.15, -0.1) is 0 Å².